The molecule has 78 valence electrons. The van der Waals surface area contributed by atoms with Gasteiger partial charge in [0.2, 0.25) is 0 Å². The summed E-state index contributed by atoms with van der Waals surface area (Å²) in [5, 5.41) is 11.6. The number of nitrogen functional groups attached to an aromatic ring is 1. The van der Waals surface area contributed by atoms with Crippen molar-refractivity contribution in [2.45, 2.75) is 0 Å². The summed E-state index contributed by atoms with van der Waals surface area (Å²) >= 11 is 4.38. The molecule has 0 atom stereocenters. The average molecular weight is 289 g/mol. The molecular weight excluding hydrogens is 283 g/mol. The highest BCUT2D eigenvalue weighted by atomic mass is 79.9. The number of phenolic OH excluding ortho intramolecular Hbond substituents is 1. The molecule has 0 unspecified atom stereocenters. The molecule has 0 fully saturated rings. The second kappa shape index (κ2) is 3.79. The van der Waals surface area contributed by atoms with Gasteiger partial charge in [0.25, 0.3) is 0 Å². The van der Waals surface area contributed by atoms with Gasteiger partial charge in [-0.2, -0.15) is 0 Å². The number of phenols is 1. The Morgan fingerprint density at radius 1 is 1.47 bits per heavy atom. The Labute approximate surface area is 97.5 Å². The standard InChI is InChI=1S/C9H6BrFN2OS/c10-4-1-5(8(14)6(11)2-4)7-3-15-9(12)13-7/h1-3,14H,(H2,12,13). The number of hydrogen-bond acceptors (Lipinski definition) is 4. The van der Waals surface area contributed by atoms with Crippen molar-refractivity contribution >= 4 is 32.4 Å². The minimum Gasteiger partial charge on any atom is -0.504 e. The molecular formula is C9H6BrFN2OS. The first-order chi connectivity index (χ1) is 7.08. The minimum atomic E-state index is -0.689. The number of thiazole rings is 1. The maximum atomic E-state index is 13.2. The van der Waals surface area contributed by atoms with Crippen LogP contribution in [0, 0.1) is 5.82 Å². The van der Waals surface area contributed by atoms with E-state index in [1.54, 1.807) is 11.4 Å². The molecule has 3 nitrogen and oxygen atoms in total. The Hall–Kier alpha value is -1.14. The van der Waals surface area contributed by atoms with Crippen LogP contribution in [0.4, 0.5) is 9.52 Å². The maximum absolute atomic E-state index is 13.2. The van der Waals surface area contributed by atoms with E-state index in [4.69, 9.17) is 5.73 Å². The second-order valence-corrected chi connectivity index (χ2v) is 4.66. The summed E-state index contributed by atoms with van der Waals surface area (Å²) in [5.74, 6) is -1.10. The predicted molar refractivity (Wildman–Crippen MR) is 61.3 cm³/mol. The molecule has 6 heteroatoms. The first kappa shape index (κ1) is 10.4. The number of nitrogens with two attached hydrogens (primary N) is 1. The number of halogens is 2. The smallest absolute Gasteiger partial charge is 0.180 e. The van der Waals surface area contributed by atoms with E-state index < -0.39 is 11.6 Å². The van der Waals surface area contributed by atoms with Crippen LogP contribution in [0.1, 0.15) is 0 Å². The highest BCUT2D eigenvalue weighted by Crippen LogP contribution is 2.35. The van der Waals surface area contributed by atoms with Crippen LogP contribution in [0.3, 0.4) is 0 Å². The van der Waals surface area contributed by atoms with Crippen LogP contribution >= 0.6 is 27.3 Å². The van der Waals surface area contributed by atoms with Crippen LogP contribution in [0.5, 0.6) is 5.75 Å². The lowest BCUT2D eigenvalue weighted by molar-refractivity contribution is 0.434. The minimum absolute atomic E-state index is 0.329. The fraction of sp³-hybridized carbons (Fsp3) is 0. The van der Waals surface area contributed by atoms with Gasteiger partial charge in [-0.3, -0.25) is 0 Å². The van der Waals surface area contributed by atoms with Gasteiger partial charge in [0.05, 0.1) is 5.69 Å². The SMILES string of the molecule is Nc1nc(-c2cc(Br)cc(F)c2O)cs1. The van der Waals surface area contributed by atoms with Crippen LogP contribution < -0.4 is 5.73 Å². The van der Waals surface area contributed by atoms with Crippen LogP contribution in [0.25, 0.3) is 11.3 Å². The molecule has 0 aliphatic carbocycles. The Morgan fingerprint density at radius 3 is 2.80 bits per heavy atom. The van der Waals surface area contributed by atoms with E-state index in [2.05, 4.69) is 20.9 Å². The molecule has 1 heterocycles. The fourth-order valence-corrected chi connectivity index (χ4v) is 2.17. The number of hydrogen-bond donors (Lipinski definition) is 2. The molecule has 15 heavy (non-hydrogen) atoms. The lowest BCUT2D eigenvalue weighted by Gasteiger charge is -2.03. The van der Waals surface area contributed by atoms with Crippen molar-refractivity contribution in [2.75, 3.05) is 5.73 Å². The van der Waals surface area contributed by atoms with Gasteiger partial charge in [-0.25, -0.2) is 9.37 Å². The molecule has 0 aliphatic heterocycles. The number of nitrogens with zero attached hydrogens (tertiary/aromatic N) is 1. The van der Waals surface area contributed by atoms with E-state index in [0.29, 0.717) is 20.9 Å². The Bertz CT molecular complexity index is 515. The van der Waals surface area contributed by atoms with E-state index in [0.717, 1.165) is 0 Å². The molecule has 2 rings (SSSR count). The van der Waals surface area contributed by atoms with Crippen molar-refractivity contribution in [1.29, 1.82) is 0 Å². The van der Waals surface area contributed by atoms with Crippen LogP contribution in [-0.2, 0) is 0 Å². The van der Waals surface area contributed by atoms with Gasteiger partial charge in [-0.1, -0.05) is 15.9 Å². The van der Waals surface area contributed by atoms with Crippen LogP contribution in [0.2, 0.25) is 0 Å². The summed E-state index contributed by atoms with van der Waals surface area (Å²) in [6.07, 6.45) is 0. The average Bonchev–Trinajstić information content (AvgIpc) is 2.58. The number of benzene rings is 1. The maximum Gasteiger partial charge on any atom is 0.180 e. The number of aromatic nitrogens is 1. The van der Waals surface area contributed by atoms with Crippen molar-refractivity contribution in [2.24, 2.45) is 0 Å². The zero-order chi connectivity index (χ0) is 11.0. The van der Waals surface area contributed by atoms with Gasteiger partial charge < -0.3 is 10.8 Å². The Kier molecular flexibility index (Phi) is 2.62. The largest absolute Gasteiger partial charge is 0.504 e. The summed E-state index contributed by atoms with van der Waals surface area (Å²) < 4.78 is 13.7. The highest BCUT2D eigenvalue weighted by Gasteiger charge is 2.13. The zero-order valence-electron chi connectivity index (χ0n) is 7.37. The van der Waals surface area contributed by atoms with Crippen molar-refractivity contribution in [3.8, 4) is 17.0 Å². The van der Waals surface area contributed by atoms with Crippen LogP contribution in [0.15, 0.2) is 22.0 Å². The van der Waals surface area contributed by atoms with Crippen molar-refractivity contribution in [3.05, 3.63) is 27.8 Å². The summed E-state index contributed by atoms with van der Waals surface area (Å²) in [4.78, 5) is 3.97. The molecule has 3 N–H and O–H groups in total. The molecule has 1 aromatic heterocycles. The third-order valence-electron chi connectivity index (χ3n) is 1.83. The first-order valence-corrected chi connectivity index (χ1v) is 5.64. The van der Waals surface area contributed by atoms with E-state index >= 15 is 0 Å². The fourth-order valence-electron chi connectivity index (χ4n) is 1.17. The van der Waals surface area contributed by atoms with E-state index in [1.165, 1.54) is 17.4 Å². The molecule has 0 saturated carbocycles. The van der Waals surface area contributed by atoms with Crippen molar-refractivity contribution < 1.29 is 9.50 Å². The lowest BCUT2D eigenvalue weighted by Crippen LogP contribution is -1.86. The Balaban J connectivity index is 2.62. The molecule has 0 amide bonds. The van der Waals surface area contributed by atoms with Gasteiger partial charge in [0, 0.05) is 15.4 Å². The van der Waals surface area contributed by atoms with Gasteiger partial charge >= 0.3 is 0 Å². The van der Waals surface area contributed by atoms with E-state index in [-0.39, 0.29) is 0 Å². The predicted octanol–water partition coefficient (Wildman–Crippen LogP) is 3.00. The third kappa shape index (κ3) is 1.95. The van der Waals surface area contributed by atoms with Crippen molar-refractivity contribution in [3.63, 3.8) is 0 Å². The molecule has 2 aromatic rings. The van der Waals surface area contributed by atoms with Gasteiger partial charge in [0.1, 0.15) is 0 Å². The topological polar surface area (TPSA) is 59.1 Å². The lowest BCUT2D eigenvalue weighted by atomic mass is 10.1. The van der Waals surface area contributed by atoms with Crippen molar-refractivity contribution in [1.82, 2.24) is 4.98 Å². The summed E-state index contributed by atoms with van der Waals surface area (Å²) in [5.41, 5.74) is 6.26. The number of rotatable bonds is 1. The zero-order valence-corrected chi connectivity index (χ0v) is 9.77. The number of aromatic hydroxyl groups is 1. The van der Waals surface area contributed by atoms with E-state index in [9.17, 15) is 9.50 Å². The van der Waals surface area contributed by atoms with Gasteiger partial charge in [-0.15, -0.1) is 11.3 Å². The van der Waals surface area contributed by atoms with Gasteiger partial charge in [0.15, 0.2) is 16.7 Å². The highest BCUT2D eigenvalue weighted by molar-refractivity contribution is 9.10. The monoisotopic (exact) mass is 288 g/mol. The van der Waals surface area contributed by atoms with E-state index in [1.807, 2.05) is 0 Å². The molecule has 0 spiro atoms. The molecule has 0 bridgehead atoms. The summed E-state index contributed by atoms with van der Waals surface area (Å²) in [6, 6.07) is 2.78. The molecule has 1 aromatic carbocycles. The molecule has 0 radical (unpaired) electrons. The number of anilines is 1. The Morgan fingerprint density at radius 2 is 2.20 bits per heavy atom. The molecule has 0 saturated heterocycles. The second-order valence-electron chi connectivity index (χ2n) is 2.85. The first-order valence-electron chi connectivity index (χ1n) is 3.97. The molecule has 0 aliphatic rings. The normalized spacial score (nSPS) is 10.5. The van der Waals surface area contributed by atoms with Gasteiger partial charge in [-0.05, 0) is 12.1 Å². The van der Waals surface area contributed by atoms with Crippen LogP contribution in [-0.4, -0.2) is 10.1 Å². The quantitative estimate of drug-likeness (QED) is 0.848. The summed E-state index contributed by atoms with van der Waals surface area (Å²) in [7, 11) is 0. The summed E-state index contributed by atoms with van der Waals surface area (Å²) in [6.45, 7) is 0. The third-order valence-corrected chi connectivity index (χ3v) is 2.96.